The summed E-state index contributed by atoms with van der Waals surface area (Å²) in [5, 5.41) is 8.69. The lowest BCUT2D eigenvalue weighted by atomic mass is 10.2. The number of anilines is 1. The molecule has 0 radical (unpaired) electrons. The van der Waals surface area contributed by atoms with Gasteiger partial charge in [0, 0.05) is 0 Å². The van der Waals surface area contributed by atoms with Gasteiger partial charge < -0.3 is 5.11 Å². The van der Waals surface area contributed by atoms with E-state index in [4.69, 9.17) is 9.66 Å². The molecule has 0 aliphatic heterocycles. The molecule has 3 N–H and O–H groups in total. The molecule has 0 aliphatic rings. The monoisotopic (exact) mass is 233 g/mol. The second-order valence-electron chi connectivity index (χ2n) is 2.46. The van der Waals surface area contributed by atoms with E-state index >= 15 is 0 Å². The fourth-order valence-corrected chi connectivity index (χ4v) is 1.05. The molecule has 0 unspecified atom stereocenters. The summed E-state index contributed by atoms with van der Waals surface area (Å²) in [6, 6.07) is 5.47. The average Bonchev–Trinajstić information content (AvgIpc) is 2.14. The second kappa shape index (κ2) is 4.26. The predicted molar refractivity (Wildman–Crippen MR) is 49.7 cm³/mol. The minimum atomic E-state index is -4.67. The minimum Gasteiger partial charge on any atom is -0.478 e. The number of nitrogens with one attached hydrogen (secondary N) is 1. The van der Waals surface area contributed by atoms with E-state index in [9.17, 15) is 13.2 Å². The van der Waals surface area contributed by atoms with Gasteiger partial charge in [0.25, 0.3) is 0 Å². The molecule has 0 bridgehead atoms. The first kappa shape index (κ1) is 11.4. The topological polar surface area (TPSA) is 113 Å². The molecule has 0 heterocycles. The van der Waals surface area contributed by atoms with Crippen molar-refractivity contribution in [1.82, 2.24) is 0 Å². The number of aromatic carboxylic acids is 1. The summed E-state index contributed by atoms with van der Waals surface area (Å²) in [6.45, 7) is 0. The largest absolute Gasteiger partial charge is 0.478 e. The van der Waals surface area contributed by atoms with E-state index in [0.29, 0.717) is 0 Å². The van der Waals surface area contributed by atoms with E-state index in [-0.39, 0.29) is 11.3 Å². The molecule has 8 heteroatoms. The van der Waals surface area contributed by atoms with Crippen molar-refractivity contribution in [2.24, 2.45) is 0 Å². The smallest absolute Gasteiger partial charge is 0.418 e. The third-order valence-electron chi connectivity index (χ3n) is 1.41. The van der Waals surface area contributed by atoms with Crippen molar-refractivity contribution >= 4 is 22.1 Å². The molecule has 7 nitrogen and oxygen atoms in total. The van der Waals surface area contributed by atoms with Crippen LogP contribution < -0.4 is 5.48 Å². The molecule has 0 atom stereocenters. The zero-order chi connectivity index (χ0) is 11.5. The van der Waals surface area contributed by atoms with E-state index in [2.05, 4.69) is 4.28 Å². The molecular formula is C7H7NO6S. The van der Waals surface area contributed by atoms with Gasteiger partial charge in [0.15, 0.2) is 0 Å². The normalized spacial score (nSPS) is 11.0. The SMILES string of the molecule is O=C(O)c1ccccc1NOS(=O)(=O)O. The van der Waals surface area contributed by atoms with Crippen molar-refractivity contribution in [2.75, 3.05) is 5.48 Å². The molecule has 1 aromatic carbocycles. The zero-order valence-electron chi connectivity index (χ0n) is 7.25. The van der Waals surface area contributed by atoms with E-state index in [1.807, 2.05) is 5.48 Å². The summed E-state index contributed by atoms with van der Waals surface area (Å²) in [6.07, 6.45) is 0. The predicted octanol–water partition coefficient (Wildman–Crippen LogP) is 0.531. The molecular weight excluding hydrogens is 226 g/mol. The van der Waals surface area contributed by atoms with E-state index in [1.165, 1.54) is 24.3 Å². The number of para-hydroxylation sites is 1. The van der Waals surface area contributed by atoms with Gasteiger partial charge in [-0.05, 0) is 12.1 Å². The highest BCUT2D eigenvalue weighted by Crippen LogP contribution is 2.15. The molecule has 0 amide bonds. The molecule has 1 aromatic rings. The van der Waals surface area contributed by atoms with Crippen LogP contribution in [0.3, 0.4) is 0 Å². The highest BCUT2D eigenvalue weighted by Gasteiger charge is 2.11. The Morgan fingerprint density at radius 3 is 2.47 bits per heavy atom. The number of rotatable bonds is 4. The first-order chi connectivity index (χ1) is 6.90. The zero-order valence-corrected chi connectivity index (χ0v) is 8.06. The molecule has 1 rings (SSSR count). The van der Waals surface area contributed by atoms with Gasteiger partial charge in [-0.25, -0.2) is 10.3 Å². The van der Waals surface area contributed by atoms with Crippen LogP contribution in [-0.2, 0) is 14.7 Å². The van der Waals surface area contributed by atoms with Crippen molar-refractivity contribution in [2.45, 2.75) is 0 Å². The van der Waals surface area contributed by atoms with Gasteiger partial charge in [-0.2, -0.15) is 8.42 Å². The highest BCUT2D eigenvalue weighted by molar-refractivity contribution is 7.80. The van der Waals surface area contributed by atoms with Crippen LogP contribution in [-0.4, -0.2) is 24.0 Å². The first-order valence-electron chi connectivity index (χ1n) is 3.64. The minimum absolute atomic E-state index is 0.0809. The molecule has 0 spiro atoms. The first-order valence-corrected chi connectivity index (χ1v) is 5.01. The highest BCUT2D eigenvalue weighted by atomic mass is 32.3. The van der Waals surface area contributed by atoms with Gasteiger partial charge in [-0.15, -0.1) is 4.28 Å². The van der Waals surface area contributed by atoms with Crippen molar-refractivity contribution < 1.29 is 27.2 Å². The lowest BCUT2D eigenvalue weighted by Gasteiger charge is -2.06. The summed E-state index contributed by atoms with van der Waals surface area (Å²) in [4.78, 5) is 10.6. The Hall–Kier alpha value is -1.64. The Bertz CT molecular complexity index is 468. The quantitative estimate of drug-likeness (QED) is 0.513. The van der Waals surface area contributed by atoms with Crippen LogP contribution in [0, 0.1) is 0 Å². The molecule has 0 aliphatic carbocycles. The average molecular weight is 233 g/mol. The Labute approximate surface area is 85.2 Å². The third-order valence-corrected chi connectivity index (χ3v) is 1.71. The van der Waals surface area contributed by atoms with Crippen molar-refractivity contribution in [3.63, 3.8) is 0 Å². The van der Waals surface area contributed by atoms with Crippen LogP contribution in [0.15, 0.2) is 24.3 Å². The third kappa shape index (κ3) is 3.54. The number of hydrogen-bond donors (Lipinski definition) is 3. The standard InChI is InChI=1S/C7H7NO6S/c9-7(10)5-3-1-2-4-6(5)8-14-15(11,12)13/h1-4,8H,(H,9,10)(H,11,12,13). The fourth-order valence-electron chi connectivity index (χ4n) is 0.856. The van der Waals surface area contributed by atoms with Crippen LogP contribution in [0.2, 0.25) is 0 Å². The van der Waals surface area contributed by atoms with Crippen LogP contribution in [0.1, 0.15) is 10.4 Å². The molecule has 0 fully saturated rings. The number of carbonyl (C=O) groups is 1. The number of carboxylic acids is 1. The summed E-state index contributed by atoms with van der Waals surface area (Å²) < 4.78 is 32.5. The number of carboxylic acid groups (broad SMARTS) is 1. The maximum absolute atomic E-state index is 10.6. The Morgan fingerprint density at radius 2 is 1.93 bits per heavy atom. The maximum atomic E-state index is 10.6. The lowest BCUT2D eigenvalue weighted by Crippen LogP contribution is -2.12. The van der Waals surface area contributed by atoms with E-state index in [0.717, 1.165) is 0 Å². The molecule has 0 saturated heterocycles. The Morgan fingerprint density at radius 1 is 1.33 bits per heavy atom. The van der Waals surface area contributed by atoms with Gasteiger partial charge in [0.1, 0.15) is 0 Å². The Kier molecular flexibility index (Phi) is 3.24. The molecule has 0 saturated carbocycles. The number of benzene rings is 1. The summed E-state index contributed by atoms with van der Waals surface area (Å²) >= 11 is 0. The van der Waals surface area contributed by atoms with Crippen LogP contribution >= 0.6 is 0 Å². The van der Waals surface area contributed by atoms with Crippen molar-refractivity contribution in [3.05, 3.63) is 29.8 Å². The molecule has 82 valence electrons. The summed E-state index contributed by atoms with van der Waals surface area (Å²) in [5.74, 6) is -1.25. The van der Waals surface area contributed by atoms with Crippen LogP contribution in [0.5, 0.6) is 0 Å². The summed E-state index contributed by atoms with van der Waals surface area (Å²) in [7, 11) is -4.67. The fraction of sp³-hybridized carbons (Fsp3) is 0. The van der Waals surface area contributed by atoms with Crippen LogP contribution in [0.25, 0.3) is 0 Å². The van der Waals surface area contributed by atoms with Crippen molar-refractivity contribution in [1.29, 1.82) is 0 Å². The van der Waals surface area contributed by atoms with E-state index < -0.39 is 16.4 Å². The second-order valence-corrected chi connectivity index (χ2v) is 3.49. The number of hydrogen-bond acceptors (Lipinski definition) is 5. The van der Waals surface area contributed by atoms with Crippen LogP contribution in [0.4, 0.5) is 5.69 Å². The van der Waals surface area contributed by atoms with Gasteiger partial charge >= 0.3 is 16.4 Å². The maximum Gasteiger partial charge on any atom is 0.418 e. The van der Waals surface area contributed by atoms with E-state index in [1.54, 1.807) is 0 Å². The van der Waals surface area contributed by atoms with Gasteiger partial charge in [0.2, 0.25) is 0 Å². The van der Waals surface area contributed by atoms with Gasteiger partial charge in [0.05, 0.1) is 11.3 Å². The van der Waals surface area contributed by atoms with Gasteiger partial charge in [-0.1, -0.05) is 12.1 Å². The summed E-state index contributed by atoms with van der Waals surface area (Å²) in [5.41, 5.74) is 1.56. The lowest BCUT2D eigenvalue weighted by molar-refractivity contribution is 0.0697. The van der Waals surface area contributed by atoms with Crippen molar-refractivity contribution in [3.8, 4) is 0 Å². The Balaban J connectivity index is 2.90. The molecule has 0 aromatic heterocycles. The molecule has 15 heavy (non-hydrogen) atoms. The van der Waals surface area contributed by atoms with Gasteiger partial charge in [-0.3, -0.25) is 4.55 Å².